The first-order valence-corrected chi connectivity index (χ1v) is 11.4. The monoisotopic (exact) mass is 576 g/mol. The average Bonchev–Trinajstić information content (AvgIpc) is 3.63. The van der Waals surface area contributed by atoms with Crippen molar-refractivity contribution >= 4 is 17.8 Å². The number of aliphatic carboxylic acids is 2. The van der Waals surface area contributed by atoms with Gasteiger partial charge in [0.25, 0.3) is 5.91 Å². The number of carboxylic acid groups (broad SMARTS) is 2. The Bertz CT molecular complexity index is 1270. The maximum atomic E-state index is 13.1. The highest BCUT2D eigenvalue weighted by Crippen LogP contribution is 2.35. The lowest BCUT2D eigenvalue weighted by Crippen LogP contribution is -2.49. The summed E-state index contributed by atoms with van der Waals surface area (Å²) in [7, 11) is 0. The van der Waals surface area contributed by atoms with E-state index in [9.17, 15) is 31.1 Å². The van der Waals surface area contributed by atoms with Gasteiger partial charge in [0.1, 0.15) is 11.5 Å². The smallest absolute Gasteiger partial charge is 0.475 e. The van der Waals surface area contributed by atoms with Gasteiger partial charge in [-0.1, -0.05) is 6.07 Å². The van der Waals surface area contributed by atoms with Crippen molar-refractivity contribution in [1.29, 1.82) is 0 Å². The molecule has 5 heterocycles. The Morgan fingerprint density at radius 3 is 2.08 bits per heavy atom. The number of nitrogens with zero attached hydrogens (tertiary/aromatic N) is 4. The van der Waals surface area contributed by atoms with E-state index in [2.05, 4.69) is 14.5 Å². The van der Waals surface area contributed by atoms with Gasteiger partial charge < -0.3 is 24.1 Å². The fraction of sp³-hybridized carbons (Fsp3) is 0.333. The molecule has 10 nitrogen and oxygen atoms in total. The normalized spacial score (nSPS) is 18.6. The second-order valence-corrected chi connectivity index (χ2v) is 8.61. The number of carbonyl (C=O) groups is 3. The number of furan rings is 1. The number of amides is 1. The van der Waals surface area contributed by atoms with Gasteiger partial charge in [0.15, 0.2) is 0 Å². The molecule has 216 valence electrons. The summed E-state index contributed by atoms with van der Waals surface area (Å²) in [5.74, 6) is -4.46. The minimum Gasteiger partial charge on any atom is -0.475 e. The molecule has 1 amide bonds. The molecule has 3 aromatic rings. The van der Waals surface area contributed by atoms with Crippen molar-refractivity contribution < 1.29 is 55.4 Å². The molecular weight excluding hydrogens is 554 g/mol. The molecule has 0 saturated carbocycles. The molecule has 2 atom stereocenters. The third kappa shape index (κ3) is 7.62. The number of aromatic nitrogens is 2. The van der Waals surface area contributed by atoms with Crippen LogP contribution in [0.25, 0.3) is 0 Å². The molecular formula is C24H22F6N4O6. The first-order chi connectivity index (χ1) is 18.7. The van der Waals surface area contributed by atoms with Gasteiger partial charge in [-0.15, -0.1) is 0 Å². The third-order valence-corrected chi connectivity index (χ3v) is 5.87. The van der Waals surface area contributed by atoms with Gasteiger partial charge in [0.2, 0.25) is 0 Å². The summed E-state index contributed by atoms with van der Waals surface area (Å²) in [4.78, 5) is 39.5. The van der Waals surface area contributed by atoms with Crippen LogP contribution in [0.2, 0.25) is 0 Å². The summed E-state index contributed by atoms with van der Waals surface area (Å²) in [6.45, 7) is 3.11. The number of hydrogen-bond acceptors (Lipinski definition) is 6. The van der Waals surface area contributed by atoms with Crippen molar-refractivity contribution in [1.82, 2.24) is 19.4 Å². The number of alkyl halides is 6. The topological polar surface area (TPSA) is 129 Å². The molecule has 2 unspecified atom stereocenters. The van der Waals surface area contributed by atoms with Crippen LogP contribution in [-0.4, -0.2) is 78.9 Å². The van der Waals surface area contributed by atoms with E-state index in [1.54, 1.807) is 12.5 Å². The van der Waals surface area contributed by atoms with Crippen molar-refractivity contribution in [3.05, 3.63) is 78.3 Å². The lowest BCUT2D eigenvalue weighted by Gasteiger charge is -2.38. The van der Waals surface area contributed by atoms with E-state index in [-0.39, 0.29) is 18.0 Å². The number of hydrogen-bond donors (Lipinski definition) is 2. The Morgan fingerprint density at radius 1 is 0.925 bits per heavy atom. The number of fused-ring (bicyclic) bond motifs is 3. The van der Waals surface area contributed by atoms with Crippen molar-refractivity contribution in [2.24, 2.45) is 0 Å². The van der Waals surface area contributed by atoms with E-state index in [0.29, 0.717) is 6.54 Å². The van der Waals surface area contributed by atoms with Gasteiger partial charge in [0, 0.05) is 38.2 Å². The number of halogens is 6. The molecule has 0 bridgehead atoms. The van der Waals surface area contributed by atoms with Gasteiger partial charge in [-0.25, -0.2) is 9.59 Å². The molecule has 3 aromatic heterocycles. The molecule has 0 aliphatic carbocycles. The summed E-state index contributed by atoms with van der Waals surface area (Å²) >= 11 is 0. The lowest BCUT2D eigenvalue weighted by molar-refractivity contribution is -0.193. The highest BCUT2D eigenvalue weighted by atomic mass is 19.4. The van der Waals surface area contributed by atoms with Gasteiger partial charge in [-0.05, 0) is 35.9 Å². The van der Waals surface area contributed by atoms with Crippen LogP contribution < -0.4 is 0 Å². The first-order valence-electron chi connectivity index (χ1n) is 11.4. The molecule has 2 aliphatic rings. The van der Waals surface area contributed by atoms with Crippen molar-refractivity contribution in [3.63, 3.8) is 0 Å². The van der Waals surface area contributed by atoms with Crippen LogP contribution in [0.1, 0.15) is 27.9 Å². The van der Waals surface area contributed by atoms with E-state index in [1.165, 1.54) is 0 Å². The molecule has 2 aliphatic heterocycles. The molecule has 0 spiro atoms. The summed E-state index contributed by atoms with van der Waals surface area (Å²) in [6.07, 6.45) is -2.83. The Balaban J connectivity index is 0.000000263. The van der Waals surface area contributed by atoms with Crippen LogP contribution in [0.3, 0.4) is 0 Å². The Hall–Kier alpha value is -4.34. The second-order valence-electron chi connectivity index (χ2n) is 8.61. The van der Waals surface area contributed by atoms with Gasteiger partial charge in [0.05, 0.1) is 24.9 Å². The largest absolute Gasteiger partial charge is 0.490 e. The molecule has 1 fully saturated rings. The zero-order valence-corrected chi connectivity index (χ0v) is 20.3. The van der Waals surface area contributed by atoms with Crippen molar-refractivity contribution in [2.75, 3.05) is 13.1 Å². The maximum Gasteiger partial charge on any atom is 0.490 e. The highest BCUT2D eigenvalue weighted by molar-refractivity contribution is 5.94. The van der Waals surface area contributed by atoms with Gasteiger partial charge in [-0.3, -0.25) is 14.7 Å². The predicted octanol–water partition coefficient (Wildman–Crippen LogP) is 3.82. The average molecular weight is 576 g/mol. The Kier molecular flexibility index (Phi) is 9.24. The van der Waals surface area contributed by atoms with E-state index >= 15 is 0 Å². The predicted molar refractivity (Wildman–Crippen MR) is 123 cm³/mol. The molecule has 1 saturated heterocycles. The fourth-order valence-corrected chi connectivity index (χ4v) is 4.22. The van der Waals surface area contributed by atoms with Crippen LogP contribution in [0.15, 0.2) is 65.7 Å². The molecule has 0 aromatic carbocycles. The summed E-state index contributed by atoms with van der Waals surface area (Å²) in [5, 5.41) is 14.2. The van der Waals surface area contributed by atoms with Crippen LogP contribution >= 0.6 is 0 Å². The third-order valence-electron chi connectivity index (χ3n) is 5.87. The molecule has 0 radical (unpaired) electrons. The van der Waals surface area contributed by atoms with Crippen molar-refractivity contribution in [2.45, 2.75) is 37.5 Å². The zero-order valence-electron chi connectivity index (χ0n) is 20.3. The highest BCUT2D eigenvalue weighted by Gasteiger charge is 2.45. The van der Waals surface area contributed by atoms with E-state index < -0.39 is 24.3 Å². The minimum atomic E-state index is -5.08. The Morgan fingerprint density at radius 2 is 1.55 bits per heavy atom. The van der Waals surface area contributed by atoms with E-state index in [1.807, 2.05) is 53.7 Å². The number of carbonyl (C=O) groups excluding carboxylic acids is 1. The molecule has 16 heteroatoms. The number of carboxylic acids is 2. The lowest BCUT2D eigenvalue weighted by atomic mass is 10.0. The standard InChI is InChI=1S/C20H20N4O2.2C2HF3O2/c25-20-17-6-2-8-23(17)18-13-22(12-16-5-3-9-26-16)14-19(18)24(20)11-15-4-1-7-21-10-15;2*3-2(4,5)1(6)7/h1-10,18-19H,11-14H2;2*(H,6,7). The van der Waals surface area contributed by atoms with Crippen LogP contribution in [0, 0.1) is 0 Å². The number of rotatable bonds is 4. The summed E-state index contributed by atoms with van der Waals surface area (Å²) < 4.78 is 71.1. The summed E-state index contributed by atoms with van der Waals surface area (Å²) in [5.41, 5.74) is 1.83. The van der Waals surface area contributed by atoms with Crippen LogP contribution in [0.5, 0.6) is 0 Å². The fourth-order valence-electron chi connectivity index (χ4n) is 4.22. The molecule has 5 rings (SSSR count). The van der Waals surface area contributed by atoms with Gasteiger partial charge in [-0.2, -0.15) is 26.3 Å². The van der Waals surface area contributed by atoms with E-state index in [0.717, 1.165) is 36.7 Å². The van der Waals surface area contributed by atoms with E-state index in [4.69, 9.17) is 24.2 Å². The van der Waals surface area contributed by atoms with Crippen molar-refractivity contribution in [3.8, 4) is 0 Å². The van der Waals surface area contributed by atoms with Gasteiger partial charge >= 0.3 is 24.3 Å². The minimum absolute atomic E-state index is 0.0972. The number of pyridine rings is 1. The SMILES string of the molecule is O=C(O)C(F)(F)F.O=C(O)C(F)(F)F.O=C1c2cccn2C2CN(Cc3ccco3)CC2N1Cc1cccnc1. The second kappa shape index (κ2) is 12.2. The van der Waals surface area contributed by atoms with Crippen LogP contribution in [-0.2, 0) is 22.7 Å². The molecule has 40 heavy (non-hydrogen) atoms. The maximum absolute atomic E-state index is 13.1. The number of likely N-dealkylation sites (tertiary alicyclic amines) is 1. The first kappa shape index (κ1) is 30.2. The summed E-state index contributed by atoms with van der Waals surface area (Å²) in [6, 6.07) is 12.2. The Labute approximate surface area is 222 Å². The zero-order chi connectivity index (χ0) is 29.7. The quantitative estimate of drug-likeness (QED) is 0.449. The van der Waals surface area contributed by atoms with Crippen LogP contribution in [0.4, 0.5) is 26.3 Å². The molecule has 2 N–H and O–H groups in total.